The van der Waals surface area contributed by atoms with Crippen molar-refractivity contribution in [2.45, 2.75) is 32.4 Å². The normalized spacial score (nSPS) is 14.3. The molecule has 1 aliphatic carbocycles. The summed E-state index contributed by atoms with van der Waals surface area (Å²) in [5.74, 6) is 0. The SMILES string of the molecule is Cc1ccc(N(C)c2ccccc2)c(CNC2CC2)c1. The van der Waals surface area contributed by atoms with Crippen molar-refractivity contribution in [2.24, 2.45) is 0 Å². The van der Waals surface area contributed by atoms with Crippen molar-refractivity contribution in [2.75, 3.05) is 11.9 Å². The van der Waals surface area contributed by atoms with Gasteiger partial charge in [0.15, 0.2) is 0 Å². The molecule has 0 atom stereocenters. The molecule has 2 nitrogen and oxygen atoms in total. The van der Waals surface area contributed by atoms with E-state index in [9.17, 15) is 0 Å². The van der Waals surface area contributed by atoms with Gasteiger partial charge in [-0.15, -0.1) is 0 Å². The lowest BCUT2D eigenvalue weighted by molar-refractivity contribution is 0.687. The number of benzene rings is 2. The zero-order chi connectivity index (χ0) is 13.9. The Balaban J connectivity index is 1.86. The van der Waals surface area contributed by atoms with Crippen LogP contribution >= 0.6 is 0 Å². The average Bonchev–Trinajstić information content (AvgIpc) is 3.30. The van der Waals surface area contributed by atoms with Gasteiger partial charge in [-0.1, -0.05) is 35.9 Å². The highest BCUT2D eigenvalue weighted by Crippen LogP contribution is 2.28. The first-order valence-corrected chi connectivity index (χ1v) is 7.36. The predicted octanol–water partition coefficient (Wildman–Crippen LogP) is 4.01. The maximum Gasteiger partial charge on any atom is 0.0453 e. The van der Waals surface area contributed by atoms with Crippen molar-refractivity contribution in [1.82, 2.24) is 5.32 Å². The number of nitrogens with one attached hydrogen (secondary N) is 1. The summed E-state index contributed by atoms with van der Waals surface area (Å²) in [6.07, 6.45) is 2.66. The van der Waals surface area contributed by atoms with Crippen LogP contribution in [0.2, 0.25) is 0 Å². The van der Waals surface area contributed by atoms with Gasteiger partial charge < -0.3 is 10.2 Å². The number of aryl methyl sites for hydroxylation is 1. The second kappa shape index (κ2) is 5.68. The maximum atomic E-state index is 3.62. The van der Waals surface area contributed by atoms with E-state index in [1.165, 1.54) is 35.3 Å². The molecule has 0 radical (unpaired) electrons. The highest BCUT2D eigenvalue weighted by molar-refractivity contribution is 5.66. The minimum Gasteiger partial charge on any atom is -0.344 e. The first kappa shape index (κ1) is 13.2. The standard InChI is InChI=1S/C18H22N2/c1-14-8-11-18(15(12-14)13-19-16-9-10-16)20(2)17-6-4-3-5-7-17/h3-8,11-12,16,19H,9-10,13H2,1-2H3. The van der Waals surface area contributed by atoms with Gasteiger partial charge in [-0.3, -0.25) is 0 Å². The van der Waals surface area contributed by atoms with Gasteiger partial charge in [0.25, 0.3) is 0 Å². The maximum absolute atomic E-state index is 3.62. The predicted molar refractivity (Wildman–Crippen MR) is 85.5 cm³/mol. The van der Waals surface area contributed by atoms with E-state index in [0.717, 1.165) is 12.6 Å². The fourth-order valence-corrected chi connectivity index (χ4v) is 2.52. The van der Waals surface area contributed by atoms with Gasteiger partial charge in [0, 0.05) is 31.0 Å². The number of hydrogen-bond acceptors (Lipinski definition) is 2. The molecule has 0 bridgehead atoms. The molecule has 1 N–H and O–H groups in total. The Hall–Kier alpha value is -1.80. The van der Waals surface area contributed by atoms with E-state index in [4.69, 9.17) is 0 Å². The van der Waals surface area contributed by atoms with Crippen LogP contribution in [0.4, 0.5) is 11.4 Å². The third kappa shape index (κ3) is 3.02. The number of hydrogen-bond donors (Lipinski definition) is 1. The van der Waals surface area contributed by atoms with Gasteiger partial charge in [-0.25, -0.2) is 0 Å². The molecular weight excluding hydrogens is 244 g/mol. The highest BCUT2D eigenvalue weighted by Gasteiger charge is 2.21. The first-order valence-electron chi connectivity index (χ1n) is 7.36. The summed E-state index contributed by atoms with van der Waals surface area (Å²) in [5.41, 5.74) is 5.21. The molecule has 1 fully saturated rings. The van der Waals surface area contributed by atoms with Crippen LogP contribution < -0.4 is 10.2 Å². The second-order valence-corrected chi connectivity index (χ2v) is 5.68. The summed E-state index contributed by atoms with van der Waals surface area (Å²) in [5, 5.41) is 3.62. The van der Waals surface area contributed by atoms with E-state index in [2.05, 4.69) is 72.7 Å². The van der Waals surface area contributed by atoms with E-state index in [-0.39, 0.29) is 0 Å². The minimum absolute atomic E-state index is 0.741. The van der Waals surface area contributed by atoms with Crippen LogP contribution in [0.25, 0.3) is 0 Å². The minimum atomic E-state index is 0.741. The summed E-state index contributed by atoms with van der Waals surface area (Å²) < 4.78 is 0. The molecule has 104 valence electrons. The van der Waals surface area contributed by atoms with E-state index in [1.54, 1.807) is 0 Å². The molecule has 20 heavy (non-hydrogen) atoms. The lowest BCUT2D eigenvalue weighted by atomic mass is 10.1. The Bertz CT molecular complexity index is 573. The van der Waals surface area contributed by atoms with Gasteiger partial charge in [-0.05, 0) is 43.5 Å². The molecule has 0 aliphatic heterocycles. The van der Waals surface area contributed by atoms with Crippen molar-refractivity contribution in [3.05, 3.63) is 59.7 Å². The van der Waals surface area contributed by atoms with Gasteiger partial charge in [-0.2, -0.15) is 0 Å². The molecule has 0 spiro atoms. The average molecular weight is 266 g/mol. The van der Waals surface area contributed by atoms with Crippen LogP contribution in [0.5, 0.6) is 0 Å². The van der Waals surface area contributed by atoms with Crippen LogP contribution in [0, 0.1) is 6.92 Å². The molecule has 0 saturated heterocycles. The second-order valence-electron chi connectivity index (χ2n) is 5.68. The number of rotatable bonds is 5. The van der Waals surface area contributed by atoms with Gasteiger partial charge in [0.05, 0.1) is 0 Å². The van der Waals surface area contributed by atoms with Gasteiger partial charge in [0.2, 0.25) is 0 Å². The summed E-state index contributed by atoms with van der Waals surface area (Å²) in [7, 11) is 2.14. The van der Waals surface area contributed by atoms with E-state index < -0.39 is 0 Å². The van der Waals surface area contributed by atoms with E-state index in [0.29, 0.717) is 0 Å². The van der Waals surface area contributed by atoms with E-state index in [1.807, 2.05) is 0 Å². The summed E-state index contributed by atoms with van der Waals surface area (Å²) in [6, 6.07) is 18.0. The zero-order valence-electron chi connectivity index (χ0n) is 12.3. The van der Waals surface area contributed by atoms with Crippen LogP contribution in [0.15, 0.2) is 48.5 Å². The fraction of sp³-hybridized carbons (Fsp3) is 0.333. The fourth-order valence-electron chi connectivity index (χ4n) is 2.52. The molecule has 3 rings (SSSR count). The quantitative estimate of drug-likeness (QED) is 0.879. The highest BCUT2D eigenvalue weighted by atomic mass is 15.1. The third-order valence-corrected chi connectivity index (χ3v) is 3.90. The number of anilines is 2. The number of para-hydroxylation sites is 1. The van der Waals surface area contributed by atoms with Gasteiger partial charge in [0.1, 0.15) is 0 Å². The lowest BCUT2D eigenvalue weighted by Gasteiger charge is -2.23. The Kier molecular flexibility index (Phi) is 3.75. The van der Waals surface area contributed by atoms with Crippen LogP contribution in [-0.4, -0.2) is 13.1 Å². The Labute approximate surface area is 121 Å². The monoisotopic (exact) mass is 266 g/mol. The van der Waals surface area contributed by atoms with Crippen molar-refractivity contribution in [3.63, 3.8) is 0 Å². The smallest absolute Gasteiger partial charge is 0.0453 e. The van der Waals surface area contributed by atoms with Crippen LogP contribution in [-0.2, 0) is 6.54 Å². The molecule has 1 saturated carbocycles. The molecule has 2 heteroatoms. The van der Waals surface area contributed by atoms with Crippen molar-refractivity contribution in [1.29, 1.82) is 0 Å². The van der Waals surface area contributed by atoms with Crippen molar-refractivity contribution in [3.8, 4) is 0 Å². The van der Waals surface area contributed by atoms with E-state index >= 15 is 0 Å². The summed E-state index contributed by atoms with van der Waals surface area (Å²) >= 11 is 0. The molecule has 0 amide bonds. The van der Waals surface area contributed by atoms with Crippen LogP contribution in [0.1, 0.15) is 24.0 Å². The van der Waals surface area contributed by atoms with Crippen molar-refractivity contribution < 1.29 is 0 Å². The Morgan fingerprint density at radius 2 is 1.85 bits per heavy atom. The van der Waals surface area contributed by atoms with Crippen LogP contribution in [0.3, 0.4) is 0 Å². The third-order valence-electron chi connectivity index (χ3n) is 3.90. The zero-order valence-corrected chi connectivity index (χ0v) is 12.3. The molecule has 1 aliphatic rings. The Morgan fingerprint density at radius 3 is 2.55 bits per heavy atom. The number of nitrogens with zero attached hydrogens (tertiary/aromatic N) is 1. The molecule has 2 aromatic rings. The largest absolute Gasteiger partial charge is 0.344 e. The summed E-state index contributed by atoms with van der Waals surface area (Å²) in [4.78, 5) is 2.27. The lowest BCUT2D eigenvalue weighted by Crippen LogP contribution is -2.19. The molecule has 0 unspecified atom stereocenters. The van der Waals surface area contributed by atoms with Gasteiger partial charge >= 0.3 is 0 Å². The Morgan fingerprint density at radius 1 is 1.10 bits per heavy atom. The van der Waals surface area contributed by atoms with Crippen molar-refractivity contribution >= 4 is 11.4 Å². The molecule has 0 aromatic heterocycles. The first-order chi connectivity index (χ1) is 9.74. The summed E-state index contributed by atoms with van der Waals surface area (Å²) in [6.45, 7) is 3.12. The molecular formula is C18H22N2. The molecule has 0 heterocycles. The topological polar surface area (TPSA) is 15.3 Å². The molecule has 2 aromatic carbocycles.